The van der Waals surface area contributed by atoms with Crippen LogP contribution in [0.3, 0.4) is 0 Å². The van der Waals surface area contributed by atoms with Gasteiger partial charge in [0.2, 0.25) is 0 Å². The maximum atomic E-state index is 5.35. The molecule has 0 aliphatic carbocycles. The number of anilines is 2. The second-order valence-electron chi connectivity index (χ2n) is 4.20. The molecule has 0 unspecified atom stereocenters. The molecule has 1 aromatic carbocycles. The summed E-state index contributed by atoms with van der Waals surface area (Å²) in [7, 11) is 2.07. The van der Waals surface area contributed by atoms with Gasteiger partial charge in [0.15, 0.2) is 0 Å². The first-order valence-corrected chi connectivity index (χ1v) is 5.97. The molecule has 94 valence electrons. The molecular weight excluding hydrogens is 224 g/mol. The molecule has 0 atom stereocenters. The standard InChI is InChI=1S/C14H18N4/c1-18(10-8-12-5-3-2-4-6-12)13-7-9-16-14(11-13)17-15/h2-7,9,11H,8,10,15H2,1H3,(H,16,17). The summed E-state index contributed by atoms with van der Waals surface area (Å²) >= 11 is 0. The van der Waals surface area contributed by atoms with Crippen molar-refractivity contribution in [2.24, 2.45) is 5.84 Å². The van der Waals surface area contributed by atoms with E-state index in [1.54, 1.807) is 6.20 Å². The topological polar surface area (TPSA) is 54.2 Å². The summed E-state index contributed by atoms with van der Waals surface area (Å²) in [6.45, 7) is 0.956. The van der Waals surface area contributed by atoms with Crippen molar-refractivity contribution in [3.8, 4) is 0 Å². The van der Waals surface area contributed by atoms with Crippen molar-refractivity contribution >= 4 is 11.5 Å². The molecule has 2 aromatic rings. The third-order valence-corrected chi connectivity index (χ3v) is 2.91. The number of hydrazine groups is 1. The highest BCUT2D eigenvalue weighted by Crippen LogP contribution is 2.15. The summed E-state index contributed by atoms with van der Waals surface area (Å²) in [4.78, 5) is 6.29. The van der Waals surface area contributed by atoms with Gasteiger partial charge in [-0.15, -0.1) is 0 Å². The molecule has 4 heteroatoms. The van der Waals surface area contributed by atoms with E-state index >= 15 is 0 Å². The minimum atomic E-state index is 0.680. The first kappa shape index (κ1) is 12.4. The van der Waals surface area contributed by atoms with E-state index in [1.165, 1.54) is 5.56 Å². The molecular formula is C14H18N4. The van der Waals surface area contributed by atoms with Crippen LogP contribution in [-0.4, -0.2) is 18.6 Å². The van der Waals surface area contributed by atoms with Crippen molar-refractivity contribution < 1.29 is 0 Å². The average Bonchev–Trinajstić information content (AvgIpc) is 2.46. The van der Waals surface area contributed by atoms with E-state index in [1.807, 2.05) is 18.2 Å². The van der Waals surface area contributed by atoms with Crippen molar-refractivity contribution in [2.75, 3.05) is 23.9 Å². The van der Waals surface area contributed by atoms with E-state index in [4.69, 9.17) is 5.84 Å². The average molecular weight is 242 g/mol. The summed E-state index contributed by atoms with van der Waals surface area (Å²) in [5.41, 5.74) is 5.01. The fraction of sp³-hybridized carbons (Fsp3) is 0.214. The van der Waals surface area contributed by atoms with Gasteiger partial charge in [-0.25, -0.2) is 10.8 Å². The Hall–Kier alpha value is -2.07. The molecule has 0 aliphatic heterocycles. The monoisotopic (exact) mass is 242 g/mol. The summed E-state index contributed by atoms with van der Waals surface area (Å²) in [6, 6.07) is 14.4. The number of pyridine rings is 1. The van der Waals surface area contributed by atoms with E-state index in [9.17, 15) is 0 Å². The lowest BCUT2D eigenvalue weighted by Crippen LogP contribution is -2.20. The van der Waals surface area contributed by atoms with Crippen LogP contribution in [-0.2, 0) is 6.42 Å². The van der Waals surface area contributed by atoms with Gasteiger partial charge in [-0.1, -0.05) is 30.3 Å². The maximum Gasteiger partial charge on any atom is 0.141 e. The number of nitrogens with one attached hydrogen (secondary N) is 1. The molecule has 2 rings (SSSR count). The van der Waals surface area contributed by atoms with Crippen molar-refractivity contribution in [3.63, 3.8) is 0 Å². The molecule has 0 spiro atoms. The van der Waals surface area contributed by atoms with Crippen LogP contribution < -0.4 is 16.2 Å². The van der Waals surface area contributed by atoms with Crippen LogP contribution in [0.15, 0.2) is 48.7 Å². The summed E-state index contributed by atoms with van der Waals surface area (Å²) < 4.78 is 0. The molecule has 1 aromatic heterocycles. The lowest BCUT2D eigenvalue weighted by molar-refractivity contribution is 0.875. The molecule has 1 heterocycles. The second kappa shape index (κ2) is 6.02. The number of nitrogen functional groups attached to an aromatic ring is 1. The van der Waals surface area contributed by atoms with E-state index in [0.717, 1.165) is 18.7 Å². The molecule has 0 radical (unpaired) electrons. The first-order valence-electron chi connectivity index (χ1n) is 5.97. The highest BCUT2D eigenvalue weighted by Gasteiger charge is 2.02. The number of benzene rings is 1. The quantitative estimate of drug-likeness (QED) is 0.622. The highest BCUT2D eigenvalue weighted by molar-refractivity contribution is 5.52. The van der Waals surface area contributed by atoms with Gasteiger partial charge in [-0.2, -0.15) is 0 Å². The second-order valence-corrected chi connectivity index (χ2v) is 4.20. The minimum Gasteiger partial charge on any atom is -0.374 e. The normalized spacial score (nSPS) is 10.1. The number of nitrogens with two attached hydrogens (primary N) is 1. The van der Waals surface area contributed by atoms with Crippen LogP contribution in [0.4, 0.5) is 11.5 Å². The molecule has 4 nitrogen and oxygen atoms in total. The predicted octanol–water partition coefficient (Wildman–Crippen LogP) is 2.05. The van der Waals surface area contributed by atoms with Gasteiger partial charge in [-0.05, 0) is 18.1 Å². The van der Waals surface area contributed by atoms with Crippen LogP contribution in [0.1, 0.15) is 5.56 Å². The van der Waals surface area contributed by atoms with Gasteiger partial charge in [-0.3, -0.25) is 0 Å². The molecule has 0 bridgehead atoms. The molecule has 18 heavy (non-hydrogen) atoms. The zero-order valence-electron chi connectivity index (χ0n) is 10.5. The number of rotatable bonds is 5. The lowest BCUT2D eigenvalue weighted by Gasteiger charge is -2.19. The SMILES string of the molecule is CN(CCc1ccccc1)c1ccnc(NN)c1. The molecule has 0 fully saturated rings. The van der Waals surface area contributed by atoms with Crippen LogP contribution in [0.5, 0.6) is 0 Å². The highest BCUT2D eigenvalue weighted by atomic mass is 15.2. The number of likely N-dealkylation sites (N-methyl/N-ethyl adjacent to an activating group) is 1. The van der Waals surface area contributed by atoms with E-state index < -0.39 is 0 Å². The Balaban J connectivity index is 1.97. The molecule has 0 aliphatic rings. The Morgan fingerprint density at radius 3 is 2.72 bits per heavy atom. The number of hydrogen-bond acceptors (Lipinski definition) is 4. The predicted molar refractivity (Wildman–Crippen MR) is 75.5 cm³/mol. The van der Waals surface area contributed by atoms with Crippen molar-refractivity contribution in [2.45, 2.75) is 6.42 Å². The molecule has 3 N–H and O–H groups in total. The van der Waals surface area contributed by atoms with Crippen molar-refractivity contribution in [1.29, 1.82) is 0 Å². The van der Waals surface area contributed by atoms with Crippen LogP contribution in [0.2, 0.25) is 0 Å². The van der Waals surface area contributed by atoms with Gasteiger partial charge in [0.05, 0.1) is 0 Å². The Morgan fingerprint density at radius 1 is 1.22 bits per heavy atom. The molecule has 0 saturated carbocycles. The fourth-order valence-corrected chi connectivity index (χ4v) is 1.81. The van der Waals surface area contributed by atoms with Gasteiger partial charge < -0.3 is 10.3 Å². The zero-order valence-corrected chi connectivity index (χ0v) is 10.5. The smallest absolute Gasteiger partial charge is 0.141 e. The van der Waals surface area contributed by atoms with Gasteiger partial charge in [0, 0.05) is 31.5 Å². The van der Waals surface area contributed by atoms with Gasteiger partial charge in [0.25, 0.3) is 0 Å². The number of nitrogens with zero attached hydrogens (tertiary/aromatic N) is 2. The van der Waals surface area contributed by atoms with Crippen molar-refractivity contribution in [3.05, 3.63) is 54.2 Å². The lowest BCUT2D eigenvalue weighted by atomic mass is 10.1. The first-order chi connectivity index (χ1) is 8.79. The zero-order chi connectivity index (χ0) is 12.8. The van der Waals surface area contributed by atoms with Crippen molar-refractivity contribution in [1.82, 2.24) is 4.98 Å². The Labute approximate surface area is 107 Å². The maximum absolute atomic E-state index is 5.35. The Morgan fingerprint density at radius 2 is 2.00 bits per heavy atom. The number of aromatic nitrogens is 1. The van der Waals surface area contributed by atoms with Gasteiger partial charge >= 0.3 is 0 Å². The molecule has 0 saturated heterocycles. The number of hydrogen-bond donors (Lipinski definition) is 2. The van der Waals surface area contributed by atoms with Crippen LogP contribution in [0.25, 0.3) is 0 Å². The summed E-state index contributed by atoms with van der Waals surface area (Å²) in [5, 5.41) is 0. The van der Waals surface area contributed by atoms with E-state index in [0.29, 0.717) is 5.82 Å². The van der Waals surface area contributed by atoms with Gasteiger partial charge in [0.1, 0.15) is 5.82 Å². The largest absolute Gasteiger partial charge is 0.374 e. The van der Waals surface area contributed by atoms with Crippen LogP contribution >= 0.6 is 0 Å². The summed E-state index contributed by atoms with van der Waals surface area (Å²) in [5.74, 6) is 6.03. The Kier molecular flexibility index (Phi) is 4.15. The summed E-state index contributed by atoms with van der Waals surface area (Å²) in [6.07, 6.45) is 2.77. The van der Waals surface area contributed by atoms with E-state index in [2.05, 4.69) is 46.6 Å². The van der Waals surface area contributed by atoms with E-state index in [-0.39, 0.29) is 0 Å². The van der Waals surface area contributed by atoms with Crippen LogP contribution in [0, 0.1) is 0 Å². The third-order valence-electron chi connectivity index (χ3n) is 2.91. The third kappa shape index (κ3) is 3.21. The fourth-order valence-electron chi connectivity index (χ4n) is 1.81. The minimum absolute atomic E-state index is 0.680. The molecule has 0 amide bonds. The Bertz CT molecular complexity index is 484.